The Morgan fingerprint density at radius 1 is 0.630 bits per heavy atom. The van der Waals surface area contributed by atoms with E-state index in [1.54, 1.807) is 24.3 Å². The summed E-state index contributed by atoms with van der Waals surface area (Å²) in [5.74, 6) is -0.791. The van der Waals surface area contributed by atoms with E-state index < -0.39 is 0 Å². The number of hydrogen-bond acceptors (Lipinski definition) is 4. The molecule has 46 heavy (non-hydrogen) atoms. The molecule has 2 saturated heterocycles. The van der Waals surface area contributed by atoms with Crippen LogP contribution < -0.4 is 0 Å². The van der Waals surface area contributed by atoms with Crippen molar-refractivity contribution in [1.82, 2.24) is 19.6 Å². The molecule has 0 aromatic heterocycles. The van der Waals surface area contributed by atoms with Gasteiger partial charge in [0.2, 0.25) is 0 Å². The molecule has 3 aromatic rings. The van der Waals surface area contributed by atoms with Gasteiger partial charge in [-0.1, -0.05) is 42.5 Å². The molecule has 1 unspecified atom stereocenters. The normalized spacial score (nSPS) is 16.7. The monoisotopic (exact) mass is 720 g/mol. The van der Waals surface area contributed by atoms with E-state index in [0.717, 1.165) is 88.6 Å². The molecule has 1 atom stereocenters. The molecule has 0 aliphatic carbocycles. The highest BCUT2D eigenvalue weighted by Gasteiger charge is 2.29. The average molecular weight is 723 g/mol. The Kier molecular flexibility index (Phi) is 18.8. The third kappa shape index (κ3) is 11.7. The smallest absolute Gasteiger partial charge is 0.123 e. The molecule has 2 fully saturated rings. The first-order chi connectivity index (χ1) is 20.4. The van der Waals surface area contributed by atoms with Crippen molar-refractivity contribution in [2.24, 2.45) is 0 Å². The highest BCUT2D eigenvalue weighted by Crippen LogP contribution is 2.27. The summed E-state index contributed by atoms with van der Waals surface area (Å²) in [6, 6.07) is 20.9. The molecule has 0 spiro atoms. The highest BCUT2D eigenvalue weighted by molar-refractivity contribution is 5.86. The molecule has 2 aliphatic heterocycles. The van der Waals surface area contributed by atoms with Gasteiger partial charge in [-0.3, -0.25) is 14.7 Å². The number of benzene rings is 3. The van der Waals surface area contributed by atoms with Crippen LogP contribution in [0, 0.1) is 17.5 Å². The van der Waals surface area contributed by atoms with Crippen LogP contribution in [0.5, 0.6) is 0 Å². The minimum atomic E-state index is -0.299. The lowest BCUT2D eigenvalue weighted by atomic mass is 9.96. The average Bonchev–Trinajstić information content (AvgIpc) is 2.99. The van der Waals surface area contributed by atoms with Crippen molar-refractivity contribution in [2.75, 3.05) is 65.4 Å². The third-order valence-corrected chi connectivity index (χ3v) is 8.74. The van der Waals surface area contributed by atoms with Gasteiger partial charge in [0, 0.05) is 77.5 Å². The van der Waals surface area contributed by atoms with E-state index in [1.807, 2.05) is 24.3 Å². The summed E-state index contributed by atoms with van der Waals surface area (Å²) in [6.45, 7) is 14.4. The van der Waals surface area contributed by atoms with Crippen LogP contribution in [-0.4, -0.2) is 91.1 Å². The van der Waals surface area contributed by atoms with E-state index in [-0.39, 0.29) is 73.1 Å². The summed E-state index contributed by atoms with van der Waals surface area (Å²) in [7, 11) is 0. The minimum Gasteiger partial charge on any atom is -0.300 e. The van der Waals surface area contributed by atoms with Crippen LogP contribution in [0.3, 0.4) is 0 Å². The standard InChI is InChI=1S/C35H43F3N4.4ClH/c1-27(2)41-20-22-42(23-21-41)35(28-11-13-31(36)14-12-28)26-40-18-16-39(17-19-40)15-5-10-34(29-6-3-8-32(37)24-29)30-7-4-9-33(38)25-30;;;;/h3-4,6-14,24-25,27,35H,5,15-23,26H2,1-2H3;4*1H. The zero-order valence-corrected chi connectivity index (χ0v) is 29.8. The van der Waals surface area contributed by atoms with Crippen LogP contribution in [0.4, 0.5) is 13.2 Å². The van der Waals surface area contributed by atoms with E-state index in [1.165, 1.54) is 29.8 Å². The van der Waals surface area contributed by atoms with Gasteiger partial charge >= 0.3 is 0 Å². The van der Waals surface area contributed by atoms with E-state index >= 15 is 0 Å². The Morgan fingerprint density at radius 3 is 1.63 bits per heavy atom. The molecule has 0 saturated carbocycles. The van der Waals surface area contributed by atoms with Crippen LogP contribution in [0.1, 0.15) is 43.0 Å². The minimum absolute atomic E-state index is 0. The van der Waals surface area contributed by atoms with Crippen LogP contribution >= 0.6 is 49.6 Å². The van der Waals surface area contributed by atoms with Crippen LogP contribution in [0.15, 0.2) is 78.9 Å². The highest BCUT2D eigenvalue weighted by atomic mass is 35.5. The maximum absolute atomic E-state index is 14.0. The van der Waals surface area contributed by atoms with Gasteiger partial charge in [0.1, 0.15) is 17.5 Å². The lowest BCUT2D eigenvalue weighted by Gasteiger charge is -2.43. The summed E-state index contributed by atoms with van der Waals surface area (Å²) >= 11 is 0. The zero-order chi connectivity index (χ0) is 29.5. The summed E-state index contributed by atoms with van der Waals surface area (Å²) in [5.41, 5.74) is 3.55. The van der Waals surface area contributed by atoms with Crippen molar-refractivity contribution in [3.05, 3.63) is 113 Å². The topological polar surface area (TPSA) is 13.0 Å². The maximum atomic E-state index is 14.0. The van der Waals surface area contributed by atoms with Crippen LogP contribution in [0.2, 0.25) is 0 Å². The largest absolute Gasteiger partial charge is 0.300 e. The van der Waals surface area contributed by atoms with Crippen molar-refractivity contribution in [2.45, 2.75) is 32.4 Å². The first-order valence-corrected chi connectivity index (χ1v) is 15.3. The molecule has 11 heteroatoms. The molecule has 4 nitrogen and oxygen atoms in total. The first-order valence-electron chi connectivity index (χ1n) is 15.3. The van der Waals surface area contributed by atoms with Gasteiger partial charge < -0.3 is 4.90 Å². The van der Waals surface area contributed by atoms with Crippen molar-refractivity contribution in [1.29, 1.82) is 0 Å². The molecule has 256 valence electrons. The second kappa shape index (κ2) is 20.5. The Labute approximate surface area is 297 Å². The fraction of sp³-hybridized carbons (Fsp3) is 0.429. The second-order valence-electron chi connectivity index (χ2n) is 11.8. The number of halogens is 7. The molecule has 0 N–H and O–H groups in total. The molecule has 3 aromatic carbocycles. The molecular formula is C35H47Cl4F3N4. The summed E-state index contributed by atoms with van der Waals surface area (Å²) < 4.78 is 41.8. The quantitative estimate of drug-likeness (QED) is 0.211. The second-order valence-corrected chi connectivity index (χ2v) is 11.8. The van der Waals surface area contributed by atoms with Gasteiger partial charge in [0.05, 0.1) is 0 Å². The Morgan fingerprint density at radius 2 is 1.13 bits per heavy atom. The SMILES string of the molecule is CC(C)N1CCN(C(CN2CCN(CCC=C(c3cccc(F)c3)c3cccc(F)c3)CC2)c2ccc(F)cc2)CC1.Cl.Cl.Cl.Cl. The van der Waals surface area contributed by atoms with Gasteiger partial charge in [-0.2, -0.15) is 0 Å². The van der Waals surface area contributed by atoms with Crippen LogP contribution in [-0.2, 0) is 0 Å². The Hall–Kier alpha value is -1.81. The lowest BCUT2D eigenvalue weighted by Crippen LogP contribution is -2.53. The molecule has 0 radical (unpaired) electrons. The maximum Gasteiger partial charge on any atom is 0.123 e. The van der Waals surface area contributed by atoms with Crippen molar-refractivity contribution in [3.63, 3.8) is 0 Å². The van der Waals surface area contributed by atoms with E-state index in [2.05, 4.69) is 39.5 Å². The molecule has 0 bridgehead atoms. The Bertz CT molecular complexity index is 1280. The fourth-order valence-corrected chi connectivity index (χ4v) is 6.23. The number of piperazine rings is 2. The molecule has 5 rings (SSSR count). The van der Waals surface area contributed by atoms with E-state index in [0.29, 0.717) is 6.04 Å². The van der Waals surface area contributed by atoms with E-state index in [9.17, 15) is 13.2 Å². The predicted molar refractivity (Wildman–Crippen MR) is 194 cm³/mol. The molecule has 0 amide bonds. The third-order valence-electron chi connectivity index (χ3n) is 8.74. The Balaban J connectivity index is 0.00000264. The van der Waals surface area contributed by atoms with Crippen LogP contribution in [0.25, 0.3) is 5.57 Å². The number of rotatable bonds is 10. The predicted octanol–water partition coefficient (Wildman–Crippen LogP) is 8.00. The lowest BCUT2D eigenvalue weighted by molar-refractivity contribution is 0.0484. The van der Waals surface area contributed by atoms with Gasteiger partial charge in [-0.05, 0) is 78.9 Å². The van der Waals surface area contributed by atoms with E-state index in [4.69, 9.17) is 0 Å². The van der Waals surface area contributed by atoms with Crippen molar-refractivity contribution >= 4 is 55.2 Å². The summed E-state index contributed by atoms with van der Waals surface area (Å²) in [5, 5.41) is 0. The van der Waals surface area contributed by atoms with Gasteiger partial charge in [0.15, 0.2) is 0 Å². The summed E-state index contributed by atoms with van der Waals surface area (Å²) in [6.07, 6.45) is 2.90. The first kappa shape index (κ1) is 42.2. The number of hydrogen-bond donors (Lipinski definition) is 0. The van der Waals surface area contributed by atoms with Gasteiger partial charge in [-0.15, -0.1) is 49.6 Å². The fourth-order valence-electron chi connectivity index (χ4n) is 6.23. The molecular weight excluding hydrogens is 675 g/mol. The zero-order valence-electron chi connectivity index (χ0n) is 26.5. The van der Waals surface area contributed by atoms with Gasteiger partial charge in [-0.25, -0.2) is 13.2 Å². The van der Waals surface area contributed by atoms with Crippen molar-refractivity contribution in [3.8, 4) is 0 Å². The van der Waals surface area contributed by atoms with Crippen molar-refractivity contribution < 1.29 is 13.2 Å². The number of nitrogens with zero attached hydrogens (tertiary/aromatic N) is 4. The molecule has 2 aliphatic rings. The summed E-state index contributed by atoms with van der Waals surface area (Å²) in [4.78, 5) is 10.1. The molecule has 2 heterocycles. The van der Waals surface area contributed by atoms with Gasteiger partial charge in [0.25, 0.3) is 0 Å².